The number of fused-ring (bicyclic) bond motifs is 1. The molecule has 332 valence electrons. The normalized spacial score (nSPS) is 12.8. The molecule has 0 saturated carbocycles. The second kappa shape index (κ2) is 25.7. The summed E-state index contributed by atoms with van der Waals surface area (Å²) in [4.78, 5) is 93.5. The number of carboxylic acid groups (broad SMARTS) is 1. The largest absolute Gasteiger partial charge is 0.484 e. The summed E-state index contributed by atoms with van der Waals surface area (Å²) in [7, 11) is 0. The Bertz CT molecular complexity index is 1970. The number of nitrogens with zero attached hydrogens (tertiary/aromatic N) is 1. The van der Waals surface area contributed by atoms with Crippen LogP contribution < -0.4 is 54.3 Å². The fraction of sp³-hybridized carbons (Fsp3) is 0.463. The molecule has 3 aromatic rings. The second-order valence-corrected chi connectivity index (χ2v) is 14.3. The van der Waals surface area contributed by atoms with Crippen molar-refractivity contribution in [2.45, 2.75) is 95.3 Å². The first-order valence-electron chi connectivity index (χ1n) is 20.2. The quantitative estimate of drug-likeness (QED) is 0.0267. The van der Waals surface area contributed by atoms with Gasteiger partial charge >= 0.3 is 5.97 Å². The molecule has 0 radical (unpaired) electrons. The average Bonchev–Trinajstić information content (AvgIpc) is 3.66. The van der Waals surface area contributed by atoms with E-state index in [2.05, 4.69) is 31.6 Å². The van der Waals surface area contributed by atoms with Gasteiger partial charge in [-0.3, -0.25) is 38.6 Å². The highest BCUT2D eigenvalue weighted by Crippen LogP contribution is 2.30. The van der Waals surface area contributed by atoms with Gasteiger partial charge in [0.15, 0.2) is 12.6 Å². The average molecular weight is 851 g/mol. The highest BCUT2D eigenvalue weighted by molar-refractivity contribution is 5.96. The molecular formula is C41H58N10O10. The fourth-order valence-corrected chi connectivity index (χ4v) is 6.06. The van der Waals surface area contributed by atoms with Crippen molar-refractivity contribution in [1.82, 2.24) is 26.6 Å². The predicted molar refractivity (Wildman–Crippen MR) is 226 cm³/mol. The number of benzene rings is 2. The van der Waals surface area contributed by atoms with Crippen molar-refractivity contribution in [3.63, 3.8) is 0 Å². The van der Waals surface area contributed by atoms with E-state index in [-0.39, 0.29) is 44.6 Å². The molecule has 0 fully saturated rings. The molecule has 1 aromatic heterocycles. The minimum absolute atomic E-state index is 0.0466. The number of furan rings is 1. The molecule has 0 aliphatic carbocycles. The van der Waals surface area contributed by atoms with E-state index in [0.717, 1.165) is 10.9 Å². The van der Waals surface area contributed by atoms with Gasteiger partial charge in [0.1, 0.15) is 41.3 Å². The molecule has 0 bridgehead atoms. The lowest BCUT2D eigenvalue weighted by Crippen LogP contribution is -2.58. The van der Waals surface area contributed by atoms with Crippen LogP contribution in [0, 0.1) is 0 Å². The van der Waals surface area contributed by atoms with Gasteiger partial charge in [0.25, 0.3) is 5.91 Å². The molecule has 0 unspecified atom stereocenters. The lowest BCUT2D eigenvalue weighted by atomic mass is 10.0. The number of hydrogen-bond acceptors (Lipinski definition) is 11. The number of carbonyl (C=O) groups is 7. The third-order valence-corrected chi connectivity index (χ3v) is 9.33. The van der Waals surface area contributed by atoms with E-state index >= 15 is 0 Å². The minimum Gasteiger partial charge on any atom is -0.484 e. The van der Waals surface area contributed by atoms with E-state index in [1.165, 1.54) is 0 Å². The number of aliphatic carboxylic acids is 1. The van der Waals surface area contributed by atoms with Gasteiger partial charge in [-0.1, -0.05) is 50.1 Å². The number of carboxylic acids is 1. The summed E-state index contributed by atoms with van der Waals surface area (Å²) in [5.41, 5.74) is 23.4. The van der Waals surface area contributed by atoms with Crippen LogP contribution in [0.15, 0.2) is 64.0 Å². The third-order valence-electron chi connectivity index (χ3n) is 9.33. The van der Waals surface area contributed by atoms with E-state index < -0.39 is 85.2 Å². The van der Waals surface area contributed by atoms with Gasteiger partial charge in [0.2, 0.25) is 29.5 Å². The zero-order chi connectivity index (χ0) is 44.7. The first-order valence-corrected chi connectivity index (χ1v) is 20.2. The number of guanidine groups is 1. The summed E-state index contributed by atoms with van der Waals surface area (Å²) in [5.74, 6) is -4.74. The van der Waals surface area contributed by atoms with Gasteiger partial charge in [-0.15, -0.1) is 0 Å². The monoisotopic (exact) mass is 850 g/mol. The Hall–Kier alpha value is -6.70. The summed E-state index contributed by atoms with van der Waals surface area (Å²) in [6.45, 7) is 1.42. The van der Waals surface area contributed by atoms with Crippen molar-refractivity contribution < 1.29 is 47.8 Å². The van der Waals surface area contributed by atoms with E-state index in [4.69, 9.17) is 37.2 Å². The van der Waals surface area contributed by atoms with Gasteiger partial charge < -0.3 is 63.8 Å². The zero-order valence-electron chi connectivity index (χ0n) is 34.3. The van der Waals surface area contributed by atoms with Crippen LogP contribution in [-0.2, 0) is 33.6 Å². The Morgan fingerprint density at radius 3 is 1.97 bits per heavy atom. The van der Waals surface area contributed by atoms with E-state index in [0.29, 0.717) is 49.3 Å². The number of amides is 6. The Kier molecular flexibility index (Phi) is 20.5. The number of rotatable bonds is 28. The molecule has 0 spiro atoms. The van der Waals surface area contributed by atoms with Crippen LogP contribution in [-0.4, -0.2) is 103 Å². The van der Waals surface area contributed by atoms with Crippen LogP contribution in [0.1, 0.15) is 71.1 Å². The molecule has 0 aliphatic rings. The van der Waals surface area contributed by atoms with Crippen molar-refractivity contribution in [1.29, 1.82) is 0 Å². The van der Waals surface area contributed by atoms with Crippen molar-refractivity contribution in [2.24, 2.45) is 27.9 Å². The Morgan fingerprint density at radius 2 is 1.36 bits per heavy atom. The molecule has 61 heavy (non-hydrogen) atoms. The maximum absolute atomic E-state index is 13.7. The van der Waals surface area contributed by atoms with E-state index in [9.17, 15) is 33.6 Å². The van der Waals surface area contributed by atoms with Crippen LogP contribution in [0.5, 0.6) is 5.75 Å². The van der Waals surface area contributed by atoms with Crippen molar-refractivity contribution in [3.8, 4) is 17.1 Å². The molecule has 1 heterocycles. The Balaban J connectivity index is 1.65. The number of aliphatic imine (C=N–C) groups is 1. The molecule has 0 saturated heterocycles. The van der Waals surface area contributed by atoms with Crippen LogP contribution >= 0.6 is 0 Å². The van der Waals surface area contributed by atoms with Gasteiger partial charge in [-0.2, -0.15) is 0 Å². The summed E-state index contributed by atoms with van der Waals surface area (Å²) in [6.07, 6.45) is 1.97. The molecular weight excluding hydrogens is 793 g/mol. The van der Waals surface area contributed by atoms with Gasteiger partial charge in [-0.05, 0) is 75.8 Å². The first kappa shape index (κ1) is 48.7. The van der Waals surface area contributed by atoms with Crippen LogP contribution in [0.3, 0.4) is 0 Å². The minimum atomic E-state index is -1.31. The van der Waals surface area contributed by atoms with Crippen molar-refractivity contribution >= 4 is 58.3 Å². The highest BCUT2D eigenvalue weighted by atomic mass is 16.5. The topological polar surface area (TPSA) is 339 Å². The smallest absolute Gasteiger partial charge is 0.303 e. The van der Waals surface area contributed by atoms with Gasteiger partial charge in [0, 0.05) is 23.9 Å². The van der Waals surface area contributed by atoms with E-state index in [1.807, 2.05) is 43.3 Å². The summed E-state index contributed by atoms with van der Waals surface area (Å²) in [5, 5.41) is 22.6. The Labute approximate surface area is 353 Å². The van der Waals surface area contributed by atoms with E-state index in [1.54, 1.807) is 18.2 Å². The summed E-state index contributed by atoms with van der Waals surface area (Å²) < 4.78 is 11.6. The molecule has 3 rings (SSSR count). The van der Waals surface area contributed by atoms with Crippen LogP contribution in [0.4, 0.5) is 0 Å². The molecule has 0 aliphatic heterocycles. The number of unbranched alkanes of at least 4 members (excludes halogenated alkanes) is 2. The van der Waals surface area contributed by atoms with Gasteiger partial charge in [0.05, 0.1) is 6.54 Å². The maximum atomic E-state index is 13.7. The molecule has 20 heteroatoms. The zero-order valence-corrected chi connectivity index (χ0v) is 34.3. The lowest BCUT2D eigenvalue weighted by Gasteiger charge is -2.26. The number of nitrogens with one attached hydrogen (secondary N) is 5. The third kappa shape index (κ3) is 17.6. The predicted octanol–water partition coefficient (Wildman–Crippen LogP) is 0.257. The lowest BCUT2D eigenvalue weighted by molar-refractivity contribution is -0.138. The van der Waals surface area contributed by atoms with Crippen molar-refractivity contribution in [3.05, 3.63) is 54.6 Å². The SMILES string of the molecule is CCCC[C@H](NC(=O)[C@H](CCCN=C(N)N)NC(=O)CNC(=O)COc1ccc2oc(-c3ccccc3)cc2c1)C(=O)N[C@@H](CCCCN)C(=O)N[C@@H](CCC(=O)O)C(N)=O. The maximum Gasteiger partial charge on any atom is 0.303 e. The van der Waals surface area contributed by atoms with Gasteiger partial charge in [-0.25, -0.2) is 0 Å². The Morgan fingerprint density at radius 1 is 0.738 bits per heavy atom. The highest BCUT2D eigenvalue weighted by Gasteiger charge is 2.31. The molecule has 6 amide bonds. The standard InChI is InChI=1S/C41H58N10O10/c1-2-3-12-30(40(59)51-31(13-7-8-19-42)39(58)49-28(37(43)56)16-18-36(54)55)50-38(57)29(14-9-20-46-41(44)45)48-34(52)23-47-35(53)24-60-27-15-17-32-26(21-27)22-33(61-32)25-10-5-4-6-11-25/h4-6,10-11,15,17,21-22,28-31H,2-3,7-9,12-14,16,18-20,23-24,42H2,1H3,(H2,43,56)(H,47,53)(H,48,52)(H,49,58)(H,50,57)(H,51,59)(H,54,55)(H4,44,45,46)/t28-,29-,30-,31-/m0/s1. The molecule has 2 aromatic carbocycles. The first-order chi connectivity index (χ1) is 29.2. The number of nitrogens with two attached hydrogens (primary N) is 4. The van der Waals surface area contributed by atoms with Crippen LogP contribution in [0.2, 0.25) is 0 Å². The fourth-order valence-electron chi connectivity index (χ4n) is 6.06. The molecule has 4 atom stereocenters. The molecule has 14 N–H and O–H groups in total. The number of primary amides is 1. The summed E-state index contributed by atoms with van der Waals surface area (Å²) in [6, 6.07) is 11.7. The van der Waals surface area contributed by atoms with Crippen LogP contribution in [0.25, 0.3) is 22.3 Å². The number of ether oxygens (including phenoxy) is 1. The second-order valence-electron chi connectivity index (χ2n) is 14.3. The number of carbonyl (C=O) groups excluding carboxylic acids is 6. The number of hydrogen-bond donors (Lipinski definition) is 10. The van der Waals surface area contributed by atoms with Crippen molar-refractivity contribution in [2.75, 3.05) is 26.2 Å². The molecule has 20 nitrogen and oxygen atoms in total. The summed E-state index contributed by atoms with van der Waals surface area (Å²) >= 11 is 0.